The fourth-order valence-electron chi connectivity index (χ4n) is 2.29. The number of amides is 1. The van der Waals surface area contributed by atoms with Crippen LogP contribution in [0.4, 0.5) is 5.69 Å². The van der Waals surface area contributed by atoms with Gasteiger partial charge in [0.05, 0.1) is 17.6 Å². The van der Waals surface area contributed by atoms with Gasteiger partial charge in [0.25, 0.3) is 5.91 Å². The molecule has 0 spiro atoms. The number of halogens is 1. The number of aromatic nitrogens is 3. The van der Waals surface area contributed by atoms with Crippen molar-refractivity contribution in [2.45, 2.75) is 6.54 Å². The van der Waals surface area contributed by atoms with Gasteiger partial charge in [-0.05, 0) is 30.3 Å². The fraction of sp³-hybridized carbons (Fsp3) is 0.176. The Labute approximate surface area is 153 Å². The summed E-state index contributed by atoms with van der Waals surface area (Å²) in [6.07, 6.45) is 0. The Kier molecular flexibility index (Phi) is 5.33. The molecule has 26 heavy (non-hydrogen) atoms. The highest BCUT2D eigenvalue weighted by atomic mass is 35.5. The average Bonchev–Trinajstić information content (AvgIpc) is 3.03. The molecule has 1 aromatic heterocycles. The number of benzene rings is 2. The van der Waals surface area contributed by atoms with Crippen LogP contribution in [0.5, 0.6) is 5.75 Å². The van der Waals surface area contributed by atoms with E-state index in [0.29, 0.717) is 27.5 Å². The van der Waals surface area contributed by atoms with Crippen molar-refractivity contribution >= 4 is 40.2 Å². The predicted molar refractivity (Wildman–Crippen MR) is 95.1 cm³/mol. The van der Waals surface area contributed by atoms with E-state index in [1.807, 2.05) is 12.1 Å². The van der Waals surface area contributed by atoms with Gasteiger partial charge < -0.3 is 14.8 Å². The van der Waals surface area contributed by atoms with Crippen molar-refractivity contribution in [2.24, 2.45) is 0 Å². The molecule has 0 aliphatic rings. The summed E-state index contributed by atoms with van der Waals surface area (Å²) >= 11 is 5.99. The summed E-state index contributed by atoms with van der Waals surface area (Å²) in [5.41, 5.74) is 1.86. The number of nitrogens with zero attached hydrogens (tertiary/aromatic N) is 3. The molecule has 0 aliphatic carbocycles. The first-order chi connectivity index (χ1) is 12.6. The van der Waals surface area contributed by atoms with Crippen LogP contribution >= 0.6 is 11.6 Å². The molecule has 1 N–H and O–H groups in total. The van der Waals surface area contributed by atoms with E-state index in [0.717, 1.165) is 0 Å². The molecule has 0 radical (unpaired) electrons. The summed E-state index contributed by atoms with van der Waals surface area (Å²) in [4.78, 5) is 23.8. The van der Waals surface area contributed by atoms with Crippen molar-refractivity contribution in [1.82, 2.24) is 15.0 Å². The second-order valence-corrected chi connectivity index (χ2v) is 5.70. The first kappa shape index (κ1) is 17.7. The monoisotopic (exact) mass is 374 g/mol. The van der Waals surface area contributed by atoms with Gasteiger partial charge in [-0.15, -0.1) is 5.10 Å². The molecule has 134 valence electrons. The normalized spacial score (nSPS) is 10.5. The van der Waals surface area contributed by atoms with E-state index in [1.165, 1.54) is 11.8 Å². The molecule has 0 unspecified atom stereocenters. The Balaban J connectivity index is 1.52. The summed E-state index contributed by atoms with van der Waals surface area (Å²) in [7, 11) is 1.50. The van der Waals surface area contributed by atoms with Gasteiger partial charge >= 0.3 is 5.97 Å². The Hall–Kier alpha value is -3.13. The van der Waals surface area contributed by atoms with E-state index in [4.69, 9.17) is 21.1 Å². The number of ether oxygens (including phenoxy) is 2. The maximum atomic E-state index is 11.9. The minimum atomic E-state index is -0.594. The number of hydrogen-bond acceptors (Lipinski definition) is 6. The number of esters is 1. The molecule has 0 fully saturated rings. The first-order valence-corrected chi connectivity index (χ1v) is 8.02. The quantitative estimate of drug-likeness (QED) is 0.665. The second kappa shape index (κ2) is 7.83. The van der Waals surface area contributed by atoms with E-state index < -0.39 is 18.5 Å². The lowest BCUT2D eigenvalue weighted by Gasteiger charge is -2.09. The molecule has 0 aliphatic heterocycles. The van der Waals surface area contributed by atoms with Gasteiger partial charge in [-0.2, -0.15) is 0 Å². The van der Waals surface area contributed by atoms with Crippen LogP contribution < -0.4 is 10.1 Å². The number of hydrogen-bond donors (Lipinski definition) is 1. The maximum Gasteiger partial charge on any atom is 0.328 e. The van der Waals surface area contributed by atoms with Crippen LogP contribution in [0.25, 0.3) is 11.0 Å². The van der Waals surface area contributed by atoms with Crippen molar-refractivity contribution in [2.75, 3.05) is 19.0 Å². The summed E-state index contributed by atoms with van der Waals surface area (Å²) in [6.45, 7) is -0.558. The third-order valence-corrected chi connectivity index (χ3v) is 3.79. The fourth-order valence-corrected chi connectivity index (χ4v) is 2.55. The van der Waals surface area contributed by atoms with Gasteiger partial charge in [0.1, 0.15) is 17.8 Å². The van der Waals surface area contributed by atoms with E-state index in [9.17, 15) is 9.59 Å². The van der Waals surface area contributed by atoms with Crippen molar-refractivity contribution in [3.63, 3.8) is 0 Å². The van der Waals surface area contributed by atoms with Gasteiger partial charge in [-0.3, -0.25) is 9.59 Å². The highest BCUT2D eigenvalue weighted by molar-refractivity contribution is 6.32. The highest BCUT2D eigenvalue weighted by Crippen LogP contribution is 2.27. The SMILES string of the molecule is COc1ccc(NC(=O)COC(=O)Cn2nnc3ccccc32)cc1Cl. The number of carbonyl (C=O) groups is 2. The average molecular weight is 375 g/mol. The molecule has 1 heterocycles. The Morgan fingerprint density at radius 3 is 2.81 bits per heavy atom. The Morgan fingerprint density at radius 2 is 2.04 bits per heavy atom. The molecule has 9 heteroatoms. The highest BCUT2D eigenvalue weighted by Gasteiger charge is 2.12. The smallest absolute Gasteiger partial charge is 0.328 e. The molecule has 1 amide bonds. The van der Waals surface area contributed by atoms with Crippen LogP contribution in [-0.2, 0) is 20.9 Å². The molecule has 0 bridgehead atoms. The second-order valence-electron chi connectivity index (χ2n) is 5.29. The lowest BCUT2D eigenvalue weighted by atomic mass is 10.3. The minimum Gasteiger partial charge on any atom is -0.495 e. The number of para-hydroxylation sites is 1. The molecular formula is C17H15ClN4O4. The largest absolute Gasteiger partial charge is 0.495 e. The standard InChI is InChI=1S/C17H15ClN4O4/c1-25-15-7-6-11(8-12(15)18)19-16(23)10-26-17(24)9-22-14-5-3-2-4-13(14)20-21-22/h2-8H,9-10H2,1H3,(H,19,23). The Bertz CT molecular complexity index is 957. The Morgan fingerprint density at radius 1 is 1.23 bits per heavy atom. The molecule has 0 atom stereocenters. The van der Waals surface area contributed by atoms with Crippen molar-refractivity contribution in [3.8, 4) is 5.75 Å². The molecule has 3 aromatic rings. The number of nitrogens with one attached hydrogen (secondary N) is 1. The van der Waals surface area contributed by atoms with Crippen molar-refractivity contribution in [3.05, 3.63) is 47.5 Å². The zero-order chi connectivity index (χ0) is 18.5. The van der Waals surface area contributed by atoms with E-state index >= 15 is 0 Å². The van der Waals surface area contributed by atoms with Crippen LogP contribution in [0.1, 0.15) is 0 Å². The van der Waals surface area contributed by atoms with E-state index in [-0.39, 0.29) is 6.54 Å². The molecule has 0 saturated heterocycles. The number of rotatable bonds is 6. The zero-order valence-corrected chi connectivity index (χ0v) is 14.6. The topological polar surface area (TPSA) is 95.3 Å². The number of anilines is 1. The van der Waals surface area contributed by atoms with Gasteiger partial charge in [0, 0.05) is 5.69 Å². The lowest BCUT2D eigenvalue weighted by molar-refractivity contribution is -0.148. The van der Waals surface area contributed by atoms with Gasteiger partial charge in [-0.1, -0.05) is 28.9 Å². The van der Waals surface area contributed by atoms with Crippen molar-refractivity contribution in [1.29, 1.82) is 0 Å². The van der Waals surface area contributed by atoms with Crippen molar-refractivity contribution < 1.29 is 19.1 Å². The summed E-state index contributed by atoms with van der Waals surface area (Å²) in [5.74, 6) is -0.581. The van der Waals surface area contributed by atoms with Crippen LogP contribution in [0.3, 0.4) is 0 Å². The minimum absolute atomic E-state index is 0.137. The molecule has 8 nitrogen and oxygen atoms in total. The molecule has 0 saturated carbocycles. The van der Waals surface area contributed by atoms with Gasteiger partial charge in [0.2, 0.25) is 0 Å². The third kappa shape index (κ3) is 4.09. The lowest BCUT2D eigenvalue weighted by Crippen LogP contribution is -2.23. The molecule has 2 aromatic carbocycles. The third-order valence-electron chi connectivity index (χ3n) is 3.50. The first-order valence-electron chi connectivity index (χ1n) is 7.64. The predicted octanol–water partition coefficient (Wildman–Crippen LogP) is 2.28. The van der Waals surface area contributed by atoms with Gasteiger partial charge in [0.15, 0.2) is 6.61 Å². The number of methoxy groups -OCH3 is 1. The van der Waals surface area contributed by atoms with Crippen LogP contribution in [0.15, 0.2) is 42.5 Å². The summed E-state index contributed by atoms with van der Waals surface area (Å²) in [6, 6.07) is 12.0. The van der Waals surface area contributed by atoms with Crippen LogP contribution in [-0.4, -0.2) is 40.6 Å². The van der Waals surface area contributed by atoms with Crippen LogP contribution in [0, 0.1) is 0 Å². The zero-order valence-electron chi connectivity index (χ0n) is 13.8. The molecular weight excluding hydrogens is 360 g/mol. The summed E-state index contributed by atoms with van der Waals surface area (Å²) in [5, 5.41) is 10.8. The maximum absolute atomic E-state index is 11.9. The van der Waals surface area contributed by atoms with E-state index in [1.54, 1.807) is 30.3 Å². The number of carbonyl (C=O) groups excluding carboxylic acids is 2. The van der Waals surface area contributed by atoms with E-state index in [2.05, 4.69) is 15.6 Å². The number of fused-ring (bicyclic) bond motifs is 1. The summed E-state index contributed by atoms with van der Waals surface area (Å²) < 4.78 is 11.4. The van der Waals surface area contributed by atoms with Gasteiger partial charge in [-0.25, -0.2) is 4.68 Å². The van der Waals surface area contributed by atoms with Crippen LogP contribution in [0.2, 0.25) is 5.02 Å². The molecule has 3 rings (SSSR count).